The second-order valence-corrected chi connectivity index (χ2v) is 10.2. The first-order chi connectivity index (χ1) is 18.3. The molecule has 2 unspecified atom stereocenters. The van der Waals surface area contributed by atoms with Gasteiger partial charge in [0.2, 0.25) is 11.0 Å². The minimum atomic E-state index is -1.65. The van der Waals surface area contributed by atoms with Crippen molar-refractivity contribution >= 4 is 44.2 Å². The quantitative estimate of drug-likeness (QED) is 0.343. The van der Waals surface area contributed by atoms with E-state index in [2.05, 4.69) is 25.0 Å². The summed E-state index contributed by atoms with van der Waals surface area (Å²) in [5.74, 6) is -0.878. The second-order valence-electron chi connectivity index (χ2n) is 8.91. The zero-order chi connectivity index (χ0) is 26.7. The molecule has 0 aliphatic carbocycles. The molecule has 10 nitrogen and oxygen atoms in total. The minimum Gasteiger partial charge on any atom is -0.475 e. The maximum Gasteiger partial charge on any atom is 0.227 e. The fourth-order valence-electron chi connectivity index (χ4n) is 4.85. The van der Waals surface area contributed by atoms with Crippen LogP contribution in [-0.4, -0.2) is 53.3 Å². The average molecular weight is 537 g/mol. The summed E-state index contributed by atoms with van der Waals surface area (Å²) in [6, 6.07) is 6.07. The molecule has 0 fully saturated rings. The van der Waals surface area contributed by atoms with Gasteiger partial charge < -0.3 is 15.4 Å². The van der Waals surface area contributed by atoms with Gasteiger partial charge in [0.05, 0.1) is 40.7 Å². The van der Waals surface area contributed by atoms with Gasteiger partial charge in [0, 0.05) is 30.4 Å². The van der Waals surface area contributed by atoms with E-state index in [1.54, 1.807) is 31.6 Å². The van der Waals surface area contributed by atoms with Crippen molar-refractivity contribution in [3.8, 4) is 17.1 Å². The average Bonchev–Trinajstić information content (AvgIpc) is 3.17. The van der Waals surface area contributed by atoms with Crippen LogP contribution in [0.1, 0.15) is 18.5 Å². The molecule has 1 aliphatic heterocycles. The Labute approximate surface area is 217 Å². The molecule has 0 saturated heterocycles. The van der Waals surface area contributed by atoms with Gasteiger partial charge in [-0.2, -0.15) is 5.10 Å². The Bertz CT molecular complexity index is 1780. The van der Waals surface area contributed by atoms with Gasteiger partial charge in [0.25, 0.3) is 0 Å². The van der Waals surface area contributed by atoms with Gasteiger partial charge in [-0.1, -0.05) is 6.07 Å². The first kappa shape index (κ1) is 24.1. The van der Waals surface area contributed by atoms with Crippen LogP contribution in [0, 0.1) is 11.6 Å². The Kier molecular flexibility index (Phi) is 5.67. The van der Waals surface area contributed by atoms with Gasteiger partial charge in [-0.25, -0.2) is 28.7 Å². The van der Waals surface area contributed by atoms with Crippen molar-refractivity contribution in [2.45, 2.75) is 18.1 Å². The number of halogens is 2. The number of benzene rings is 1. The van der Waals surface area contributed by atoms with Crippen LogP contribution in [-0.2, 0) is 17.8 Å². The van der Waals surface area contributed by atoms with Gasteiger partial charge in [-0.05, 0) is 25.1 Å². The van der Waals surface area contributed by atoms with E-state index in [1.807, 2.05) is 17.9 Å². The highest BCUT2D eigenvalue weighted by atomic mass is 32.2. The number of nitrogens with two attached hydrogens (primary N) is 1. The third kappa shape index (κ3) is 3.64. The number of aryl methyl sites for hydroxylation is 1. The van der Waals surface area contributed by atoms with Crippen molar-refractivity contribution < 1.29 is 17.7 Å². The Morgan fingerprint density at radius 2 is 2.00 bits per heavy atom. The SMILES string of the molecule is CC(c1cccnc1N)N1CCOc2nc(-c3c(F)ccc4cnn(C)c34)c(F)c3nc(S(C)=O)nc1c23. The van der Waals surface area contributed by atoms with Crippen molar-refractivity contribution in [1.29, 1.82) is 0 Å². The summed E-state index contributed by atoms with van der Waals surface area (Å²) >= 11 is 0. The molecule has 0 radical (unpaired) electrons. The summed E-state index contributed by atoms with van der Waals surface area (Å²) in [4.78, 5) is 19.3. The largest absolute Gasteiger partial charge is 0.475 e. The Morgan fingerprint density at radius 1 is 1.18 bits per heavy atom. The van der Waals surface area contributed by atoms with Crippen LogP contribution in [0.5, 0.6) is 5.88 Å². The summed E-state index contributed by atoms with van der Waals surface area (Å²) in [5.41, 5.74) is 6.72. The number of hydrogen-bond donors (Lipinski definition) is 1. The maximum atomic E-state index is 16.4. The molecular weight excluding hydrogens is 514 g/mol. The molecule has 38 heavy (non-hydrogen) atoms. The van der Waals surface area contributed by atoms with Crippen molar-refractivity contribution in [2.24, 2.45) is 7.05 Å². The van der Waals surface area contributed by atoms with E-state index in [4.69, 9.17) is 10.5 Å². The molecule has 0 saturated carbocycles. The van der Waals surface area contributed by atoms with E-state index >= 15 is 8.78 Å². The molecular formula is C25H22F2N8O2S. The summed E-state index contributed by atoms with van der Waals surface area (Å²) in [7, 11) is -0.0106. The molecule has 0 amide bonds. The summed E-state index contributed by atoms with van der Waals surface area (Å²) < 4.78 is 51.6. The fraction of sp³-hybridized carbons (Fsp3) is 0.240. The monoisotopic (exact) mass is 536 g/mol. The molecule has 2 N–H and O–H groups in total. The highest BCUT2D eigenvalue weighted by Crippen LogP contribution is 2.42. The number of aromatic nitrogens is 6. The molecule has 0 bridgehead atoms. The molecule has 5 heterocycles. The van der Waals surface area contributed by atoms with Crippen molar-refractivity contribution in [2.75, 3.05) is 30.0 Å². The summed E-state index contributed by atoms with van der Waals surface area (Å²) in [6.07, 6.45) is 4.56. The number of ether oxygens (including phenoxy) is 1. The van der Waals surface area contributed by atoms with Gasteiger partial charge in [0.1, 0.15) is 40.7 Å². The van der Waals surface area contributed by atoms with Crippen LogP contribution < -0.4 is 15.4 Å². The normalized spacial score (nSPS) is 14.9. The number of hydrogen-bond acceptors (Lipinski definition) is 9. The highest BCUT2D eigenvalue weighted by Gasteiger charge is 2.32. The van der Waals surface area contributed by atoms with Crippen LogP contribution in [0.25, 0.3) is 33.1 Å². The molecule has 1 aliphatic rings. The predicted molar refractivity (Wildman–Crippen MR) is 139 cm³/mol. The van der Waals surface area contributed by atoms with Crippen molar-refractivity contribution in [1.82, 2.24) is 29.7 Å². The van der Waals surface area contributed by atoms with E-state index in [0.717, 1.165) is 5.56 Å². The lowest BCUT2D eigenvalue weighted by Gasteiger charge is -2.30. The van der Waals surface area contributed by atoms with Crippen LogP contribution in [0.2, 0.25) is 0 Å². The molecule has 0 spiro atoms. The maximum absolute atomic E-state index is 16.4. The van der Waals surface area contributed by atoms with Crippen LogP contribution in [0.3, 0.4) is 0 Å². The first-order valence-corrected chi connectivity index (χ1v) is 13.3. The van der Waals surface area contributed by atoms with E-state index < -0.39 is 22.4 Å². The number of nitrogens with zero attached hydrogens (tertiary/aromatic N) is 7. The fourth-order valence-corrected chi connectivity index (χ4v) is 5.29. The molecule has 6 rings (SSSR count). The van der Waals surface area contributed by atoms with Gasteiger partial charge >= 0.3 is 0 Å². The third-order valence-electron chi connectivity index (χ3n) is 6.69. The van der Waals surface area contributed by atoms with E-state index in [-0.39, 0.29) is 45.8 Å². The standard InChI is InChI=1S/C25H22F2N8O2S/c1-12(14-5-4-8-29-22(14)28)35-9-10-37-24-17-20(32-25(38(3)36)33-23(17)35)18(27)19(31-24)16-15(26)7-6-13-11-30-34(2)21(13)16/h4-8,11-12H,9-10H2,1-3H3,(H2,28,29). The minimum absolute atomic E-state index is 0.0484. The Morgan fingerprint density at radius 3 is 2.76 bits per heavy atom. The molecule has 5 aromatic rings. The number of pyridine rings is 2. The predicted octanol–water partition coefficient (Wildman–Crippen LogP) is 3.53. The Balaban J connectivity index is 1.66. The first-order valence-electron chi connectivity index (χ1n) is 11.7. The Hall–Kier alpha value is -4.26. The lowest BCUT2D eigenvalue weighted by Crippen LogP contribution is -2.31. The smallest absolute Gasteiger partial charge is 0.227 e. The van der Waals surface area contributed by atoms with Crippen LogP contribution >= 0.6 is 0 Å². The van der Waals surface area contributed by atoms with Gasteiger partial charge in [-0.3, -0.25) is 8.89 Å². The van der Waals surface area contributed by atoms with E-state index in [0.29, 0.717) is 29.1 Å². The molecule has 2 atom stereocenters. The van der Waals surface area contributed by atoms with E-state index in [1.165, 1.54) is 17.0 Å². The van der Waals surface area contributed by atoms with Crippen LogP contribution in [0.4, 0.5) is 20.4 Å². The number of anilines is 2. The lowest BCUT2D eigenvalue weighted by atomic mass is 10.0. The number of fused-ring (bicyclic) bond motifs is 1. The van der Waals surface area contributed by atoms with E-state index in [9.17, 15) is 4.21 Å². The lowest BCUT2D eigenvalue weighted by molar-refractivity contribution is 0.316. The van der Waals surface area contributed by atoms with Crippen LogP contribution in [0.15, 0.2) is 41.8 Å². The number of rotatable bonds is 4. The zero-order valence-corrected chi connectivity index (χ0v) is 21.5. The highest BCUT2D eigenvalue weighted by molar-refractivity contribution is 7.84. The second kappa shape index (κ2) is 8.94. The molecule has 4 aromatic heterocycles. The third-order valence-corrected chi connectivity index (χ3v) is 7.39. The van der Waals surface area contributed by atoms with Crippen molar-refractivity contribution in [3.05, 3.63) is 53.9 Å². The number of nitrogen functional groups attached to an aromatic ring is 1. The molecule has 1 aromatic carbocycles. The summed E-state index contributed by atoms with van der Waals surface area (Å²) in [6.45, 7) is 2.40. The molecule has 194 valence electrons. The van der Waals surface area contributed by atoms with Crippen molar-refractivity contribution in [3.63, 3.8) is 0 Å². The van der Waals surface area contributed by atoms with Gasteiger partial charge in [0.15, 0.2) is 5.82 Å². The zero-order valence-electron chi connectivity index (χ0n) is 20.6. The topological polar surface area (TPSA) is 125 Å². The summed E-state index contributed by atoms with van der Waals surface area (Å²) in [5, 5.41) is 4.92. The van der Waals surface area contributed by atoms with Gasteiger partial charge in [-0.15, -0.1) is 0 Å². The molecule has 13 heteroatoms.